The van der Waals surface area contributed by atoms with Crippen LogP contribution in [0.4, 0.5) is 0 Å². The van der Waals surface area contributed by atoms with Gasteiger partial charge in [-0.2, -0.15) is 4.98 Å². The van der Waals surface area contributed by atoms with Gasteiger partial charge in [-0.05, 0) is 13.8 Å². The van der Waals surface area contributed by atoms with E-state index in [-0.39, 0.29) is 11.2 Å². The van der Waals surface area contributed by atoms with Crippen LogP contribution in [0.25, 0.3) is 17.0 Å². The normalized spacial score (nSPS) is 16.3. The van der Waals surface area contributed by atoms with Gasteiger partial charge in [-0.25, -0.2) is 4.79 Å². The first-order valence-corrected chi connectivity index (χ1v) is 8.37. The molecular formula is C16H21N5O4. The molecule has 0 aromatic carbocycles. The van der Waals surface area contributed by atoms with E-state index in [1.54, 1.807) is 11.4 Å². The third-order valence-corrected chi connectivity index (χ3v) is 4.94. The number of oxazole rings is 1. The minimum Gasteiger partial charge on any atom is -0.428 e. The summed E-state index contributed by atoms with van der Waals surface area (Å²) in [7, 11) is 1.63. The lowest BCUT2D eigenvalue weighted by atomic mass is 10.4. The quantitative estimate of drug-likeness (QED) is 0.657. The summed E-state index contributed by atoms with van der Waals surface area (Å²) in [5.41, 5.74) is 0.851. The van der Waals surface area contributed by atoms with Crippen LogP contribution in [-0.4, -0.2) is 56.3 Å². The summed E-state index contributed by atoms with van der Waals surface area (Å²) >= 11 is 0. The second-order valence-electron chi connectivity index (χ2n) is 6.40. The van der Waals surface area contributed by atoms with Gasteiger partial charge in [0, 0.05) is 33.2 Å². The SMILES string of the molecule is Cc1oc2nc3c(c(=O)n(CCN4CCOCC4)c(=O)n3C)n2c1C. The van der Waals surface area contributed by atoms with Crippen LogP contribution in [0.15, 0.2) is 14.0 Å². The fourth-order valence-corrected chi connectivity index (χ4v) is 3.31. The van der Waals surface area contributed by atoms with Crippen molar-refractivity contribution in [2.75, 3.05) is 32.8 Å². The van der Waals surface area contributed by atoms with Crippen LogP contribution in [0.2, 0.25) is 0 Å². The third kappa shape index (κ3) is 2.42. The van der Waals surface area contributed by atoms with Gasteiger partial charge in [0.15, 0.2) is 11.2 Å². The predicted octanol–water partition coefficient (Wildman–Crippen LogP) is -0.110. The summed E-state index contributed by atoms with van der Waals surface area (Å²) in [5.74, 6) is 1.04. The Hall–Kier alpha value is -2.39. The summed E-state index contributed by atoms with van der Waals surface area (Å²) in [6, 6.07) is 0. The smallest absolute Gasteiger partial charge is 0.332 e. The number of hydrogen-bond donors (Lipinski definition) is 0. The molecule has 1 aliphatic rings. The minimum absolute atomic E-state index is 0.331. The third-order valence-electron chi connectivity index (χ3n) is 4.94. The number of rotatable bonds is 3. The lowest BCUT2D eigenvalue weighted by molar-refractivity contribution is 0.0361. The zero-order chi connectivity index (χ0) is 17.7. The van der Waals surface area contributed by atoms with Gasteiger partial charge in [-0.15, -0.1) is 0 Å². The van der Waals surface area contributed by atoms with E-state index in [9.17, 15) is 9.59 Å². The highest BCUT2D eigenvalue weighted by Crippen LogP contribution is 2.19. The number of imidazole rings is 1. The fraction of sp³-hybridized carbons (Fsp3) is 0.562. The molecule has 3 aromatic heterocycles. The number of hydrogen-bond acceptors (Lipinski definition) is 6. The number of morpholine rings is 1. The second kappa shape index (κ2) is 5.85. The molecule has 0 spiro atoms. The zero-order valence-electron chi connectivity index (χ0n) is 14.6. The molecule has 134 valence electrons. The average Bonchev–Trinajstić information content (AvgIpc) is 3.11. The largest absolute Gasteiger partial charge is 0.428 e. The fourth-order valence-electron chi connectivity index (χ4n) is 3.31. The topological polar surface area (TPSA) is 86.9 Å². The van der Waals surface area contributed by atoms with Crippen molar-refractivity contribution in [3.8, 4) is 0 Å². The van der Waals surface area contributed by atoms with Crippen molar-refractivity contribution >= 4 is 17.0 Å². The van der Waals surface area contributed by atoms with Gasteiger partial charge in [0.05, 0.1) is 18.9 Å². The lowest BCUT2D eigenvalue weighted by Gasteiger charge is -2.26. The van der Waals surface area contributed by atoms with Crippen molar-refractivity contribution < 1.29 is 9.15 Å². The van der Waals surface area contributed by atoms with Crippen LogP contribution in [0.1, 0.15) is 11.5 Å². The van der Waals surface area contributed by atoms with Gasteiger partial charge in [-0.3, -0.25) is 23.2 Å². The Morgan fingerprint density at radius 3 is 2.56 bits per heavy atom. The van der Waals surface area contributed by atoms with Crippen molar-refractivity contribution in [3.05, 3.63) is 32.3 Å². The number of nitrogens with zero attached hydrogens (tertiary/aromatic N) is 5. The minimum atomic E-state index is -0.360. The van der Waals surface area contributed by atoms with Crippen molar-refractivity contribution in [1.29, 1.82) is 0 Å². The first kappa shape index (κ1) is 16.1. The molecule has 9 nitrogen and oxygen atoms in total. The van der Waals surface area contributed by atoms with E-state index >= 15 is 0 Å². The Kier molecular flexibility index (Phi) is 3.77. The Balaban J connectivity index is 1.84. The van der Waals surface area contributed by atoms with E-state index in [0.29, 0.717) is 49.1 Å². The highest BCUT2D eigenvalue weighted by atomic mass is 16.5. The van der Waals surface area contributed by atoms with Gasteiger partial charge < -0.3 is 9.15 Å². The molecule has 0 radical (unpaired) electrons. The molecular weight excluding hydrogens is 326 g/mol. The molecule has 0 amide bonds. The predicted molar refractivity (Wildman–Crippen MR) is 91.2 cm³/mol. The van der Waals surface area contributed by atoms with Crippen molar-refractivity contribution in [3.63, 3.8) is 0 Å². The monoisotopic (exact) mass is 347 g/mol. The molecule has 0 aliphatic carbocycles. The second-order valence-corrected chi connectivity index (χ2v) is 6.40. The van der Waals surface area contributed by atoms with Gasteiger partial charge in [0.25, 0.3) is 5.56 Å². The molecule has 0 unspecified atom stereocenters. The van der Waals surface area contributed by atoms with Gasteiger partial charge in [0.2, 0.25) is 0 Å². The number of aromatic nitrogens is 4. The molecule has 4 heterocycles. The van der Waals surface area contributed by atoms with Gasteiger partial charge in [-0.1, -0.05) is 0 Å². The highest BCUT2D eigenvalue weighted by Gasteiger charge is 2.21. The molecule has 1 aliphatic heterocycles. The van der Waals surface area contributed by atoms with Crippen LogP contribution in [0, 0.1) is 13.8 Å². The molecule has 9 heteroatoms. The summed E-state index contributed by atoms with van der Waals surface area (Å²) < 4.78 is 15.3. The standard InChI is InChI=1S/C16H21N5O4/c1-10-11(2)25-15-17-13-12(21(10)15)14(22)20(16(23)18(13)3)5-4-19-6-8-24-9-7-19/h4-9H2,1-3H3. The molecule has 0 saturated carbocycles. The van der Waals surface area contributed by atoms with Crippen molar-refractivity contribution in [2.24, 2.45) is 7.05 Å². The maximum atomic E-state index is 13.0. The van der Waals surface area contributed by atoms with Crippen LogP contribution < -0.4 is 11.2 Å². The molecule has 25 heavy (non-hydrogen) atoms. The van der Waals surface area contributed by atoms with Crippen molar-refractivity contribution in [2.45, 2.75) is 20.4 Å². The maximum absolute atomic E-state index is 13.0. The summed E-state index contributed by atoms with van der Waals surface area (Å²) in [6.07, 6.45) is 0. The molecule has 1 saturated heterocycles. The van der Waals surface area contributed by atoms with Crippen LogP contribution >= 0.6 is 0 Å². The summed E-state index contributed by atoms with van der Waals surface area (Å²) in [6.45, 7) is 7.66. The molecule has 0 bridgehead atoms. The van der Waals surface area contributed by atoms with E-state index < -0.39 is 0 Å². The van der Waals surface area contributed by atoms with Crippen LogP contribution in [0.5, 0.6) is 0 Å². The van der Waals surface area contributed by atoms with Gasteiger partial charge in [0.1, 0.15) is 5.76 Å². The van der Waals surface area contributed by atoms with E-state index in [1.807, 2.05) is 13.8 Å². The van der Waals surface area contributed by atoms with Crippen molar-refractivity contribution in [1.82, 2.24) is 23.4 Å². The van der Waals surface area contributed by atoms with Crippen LogP contribution in [-0.2, 0) is 18.3 Å². The van der Waals surface area contributed by atoms with Crippen LogP contribution in [0.3, 0.4) is 0 Å². The first-order valence-electron chi connectivity index (χ1n) is 8.37. The van der Waals surface area contributed by atoms with E-state index in [0.717, 1.165) is 18.8 Å². The first-order chi connectivity index (χ1) is 12.0. The van der Waals surface area contributed by atoms with E-state index in [4.69, 9.17) is 9.15 Å². The molecule has 1 fully saturated rings. The Labute approximate surface area is 143 Å². The molecule has 0 N–H and O–H groups in total. The van der Waals surface area contributed by atoms with E-state index in [2.05, 4.69) is 9.88 Å². The number of fused-ring (bicyclic) bond motifs is 3. The average molecular weight is 347 g/mol. The highest BCUT2D eigenvalue weighted by molar-refractivity contribution is 5.75. The summed E-state index contributed by atoms with van der Waals surface area (Å²) in [4.78, 5) is 32.2. The Bertz CT molecular complexity index is 1060. The Morgan fingerprint density at radius 2 is 1.84 bits per heavy atom. The lowest BCUT2D eigenvalue weighted by Crippen LogP contribution is -2.44. The van der Waals surface area contributed by atoms with Gasteiger partial charge >= 0.3 is 11.5 Å². The summed E-state index contributed by atoms with van der Waals surface area (Å²) in [5, 5.41) is 0. The van der Waals surface area contributed by atoms with E-state index in [1.165, 1.54) is 9.13 Å². The number of ether oxygens (including phenoxy) is 1. The molecule has 3 aromatic rings. The molecule has 4 rings (SSSR count). The zero-order valence-corrected chi connectivity index (χ0v) is 14.6. The molecule has 0 atom stereocenters. The number of aryl methyl sites for hydroxylation is 3. The Morgan fingerprint density at radius 1 is 1.12 bits per heavy atom. The maximum Gasteiger partial charge on any atom is 0.332 e.